The van der Waals surface area contributed by atoms with Crippen LogP contribution in [0.2, 0.25) is 5.02 Å². The first-order valence-electron chi connectivity index (χ1n) is 15.0. The van der Waals surface area contributed by atoms with Gasteiger partial charge in [0.2, 0.25) is 0 Å². The van der Waals surface area contributed by atoms with Gasteiger partial charge in [-0.05, 0) is 104 Å². The third kappa shape index (κ3) is 3.01. The second-order valence-corrected chi connectivity index (χ2v) is 13.9. The minimum atomic E-state index is -1.07. The Balaban J connectivity index is 1.34. The SMILES string of the molecule is CN1C[C@H](c2ccc(Cl)cc2)[C@@]2(C[C@H]3[C@@H]4CCc5cc(O)ccc5[C@H]4CC[C@]3(C)C2=O)[C@@]12C(=O)Nc1ccccc12. The van der Waals surface area contributed by atoms with Crippen LogP contribution in [0.1, 0.15) is 66.7 Å². The molecule has 2 spiro atoms. The molecule has 41 heavy (non-hydrogen) atoms. The number of ketones is 1. The average Bonchev–Trinajstić information content (AvgIpc) is 3.51. The van der Waals surface area contributed by atoms with E-state index in [0.29, 0.717) is 35.6 Å². The Kier molecular flexibility index (Phi) is 5.27. The van der Waals surface area contributed by atoms with Crippen LogP contribution in [0.4, 0.5) is 5.69 Å². The Labute approximate surface area is 245 Å². The molecule has 5 aliphatic rings. The van der Waals surface area contributed by atoms with E-state index in [-0.39, 0.29) is 23.5 Å². The number of likely N-dealkylation sites (tertiary alicyclic amines) is 1. The summed E-state index contributed by atoms with van der Waals surface area (Å²) in [7, 11) is 2.03. The number of carbonyl (C=O) groups is 2. The standard InChI is InChI=1S/C35H35ClN2O3/c1-33-16-15-25-24-14-12-23(39)17-21(24)9-13-26(25)28(33)18-34(31(33)40)29(20-7-10-22(36)11-8-20)19-38(2)35(34)27-5-3-4-6-30(27)37-32(35)41/h3-8,10-12,14,17,25-26,28-29,39H,9,13,15-16,18-19H2,1-2H3,(H,37,41)/t25-,26-,28+,29-,33+,34-,35-/m1/s1. The lowest BCUT2D eigenvalue weighted by molar-refractivity contribution is -0.147. The Hall–Kier alpha value is -3.15. The Morgan fingerprint density at radius 2 is 1.80 bits per heavy atom. The Morgan fingerprint density at radius 1 is 1.02 bits per heavy atom. The van der Waals surface area contributed by atoms with Crippen LogP contribution in [-0.2, 0) is 21.5 Å². The van der Waals surface area contributed by atoms with Crippen molar-refractivity contribution >= 4 is 29.0 Å². The second kappa shape index (κ2) is 8.45. The van der Waals surface area contributed by atoms with Crippen molar-refractivity contribution in [3.05, 3.63) is 94.0 Å². The lowest BCUT2D eigenvalue weighted by atomic mass is 9.55. The van der Waals surface area contributed by atoms with Crippen LogP contribution in [0.25, 0.3) is 0 Å². The molecule has 8 rings (SSSR count). The fraction of sp³-hybridized carbons (Fsp3) is 0.429. The zero-order chi connectivity index (χ0) is 28.3. The normalized spacial score (nSPS) is 37.1. The minimum absolute atomic E-state index is 0.0747. The van der Waals surface area contributed by atoms with Crippen LogP contribution in [0, 0.1) is 22.7 Å². The molecule has 210 valence electrons. The lowest BCUT2D eigenvalue weighted by Crippen LogP contribution is -2.58. The molecule has 2 saturated carbocycles. The zero-order valence-corrected chi connectivity index (χ0v) is 24.2. The molecule has 1 saturated heterocycles. The van der Waals surface area contributed by atoms with Crippen molar-refractivity contribution in [1.82, 2.24) is 4.90 Å². The molecule has 3 aliphatic carbocycles. The molecule has 0 bridgehead atoms. The number of aromatic hydroxyl groups is 1. The van der Waals surface area contributed by atoms with Gasteiger partial charge in [0.05, 0.1) is 5.41 Å². The smallest absolute Gasteiger partial charge is 0.250 e. The quantitative estimate of drug-likeness (QED) is 0.346. The fourth-order valence-corrected chi connectivity index (χ4v) is 10.5. The van der Waals surface area contributed by atoms with Crippen molar-refractivity contribution in [1.29, 1.82) is 0 Å². The number of fused-ring (bicyclic) bond motifs is 8. The first-order valence-corrected chi connectivity index (χ1v) is 15.3. The van der Waals surface area contributed by atoms with E-state index in [2.05, 4.69) is 41.4 Å². The molecule has 3 aromatic carbocycles. The predicted octanol–water partition coefficient (Wildman–Crippen LogP) is 6.64. The van der Waals surface area contributed by atoms with E-state index in [0.717, 1.165) is 42.5 Å². The summed E-state index contributed by atoms with van der Waals surface area (Å²) in [5.41, 5.74) is 2.93. The maximum Gasteiger partial charge on any atom is 0.250 e. The van der Waals surface area contributed by atoms with Crippen molar-refractivity contribution in [2.45, 2.75) is 56.4 Å². The molecule has 0 unspecified atom stereocenters. The van der Waals surface area contributed by atoms with E-state index in [1.807, 2.05) is 49.5 Å². The summed E-state index contributed by atoms with van der Waals surface area (Å²) in [6.07, 6.45) is 4.37. The molecule has 7 atom stereocenters. The number of likely N-dealkylation sites (N-methyl/N-ethyl adjacent to an activating group) is 1. The first kappa shape index (κ1) is 25.6. The fourth-order valence-electron chi connectivity index (χ4n) is 10.4. The summed E-state index contributed by atoms with van der Waals surface area (Å²) in [6, 6.07) is 21.8. The molecule has 3 fully saturated rings. The highest BCUT2D eigenvalue weighted by Gasteiger charge is 2.79. The molecule has 0 radical (unpaired) electrons. The minimum Gasteiger partial charge on any atom is -0.508 e. The van der Waals surface area contributed by atoms with Crippen molar-refractivity contribution in [2.24, 2.45) is 22.7 Å². The number of nitrogens with one attached hydrogen (secondary N) is 1. The molecule has 2 aliphatic heterocycles. The Bertz CT molecular complexity index is 1620. The number of aryl methyl sites for hydroxylation is 1. The van der Waals surface area contributed by atoms with Gasteiger partial charge in [-0.1, -0.05) is 54.9 Å². The number of Topliss-reactive ketones (excluding diaryl/α,β-unsaturated/α-hetero) is 1. The van der Waals surface area contributed by atoms with Gasteiger partial charge in [-0.25, -0.2) is 0 Å². The van der Waals surface area contributed by atoms with Crippen LogP contribution in [0.15, 0.2) is 66.7 Å². The maximum absolute atomic E-state index is 15.5. The van der Waals surface area contributed by atoms with Gasteiger partial charge in [0.1, 0.15) is 17.1 Å². The summed E-state index contributed by atoms with van der Waals surface area (Å²) < 4.78 is 0. The lowest BCUT2D eigenvalue weighted by Gasteiger charge is -2.48. The van der Waals surface area contributed by atoms with Crippen molar-refractivity contribution in [3.8, 4) is 5.75 Å². The number of anilines is 1. The highest BCUT2D eigenvalue weighted by Crippen LogP contribution is 2.74. The third-order valence-corrected chi connectivity index (χ3v) is 12.3. The second-order valence-electron chi connectivity index (χ2n) is 13.5. The number of phenolic OH excluding ortho intramolecular Hbond substituents is 1. The number of halogens is 1. The summed E-state index contributed by atoms with van der Waals surface area (Å²) in [4.78, 5) is 32.1. The number of hydrogen-bond acceptors (Lipinski definition) is 4. The van der Waals surface area contributed by atoms with Gasteiger partial charge in [-0.2, -0.15) is 0 Å². The third-order valence-electron chi connectivity index (χ3n) is 12.0. The molecule has 3 aromatic rings. The van der Waals surface area contributed by atoms with Gasteiger partial charge in [0, 0.05) is 34.2 Å². The summed E-state index contributed by atoms with van der Waals surface area (Å²) in [5.74, 6) is 1.29. The highest BCUT2D eigenvalue weighted by atomic mass is 35.5. The van der Waals surface area contributed by atoms with Crippen LogP contribution in [0.5, 0.6) is 5.75 Å². The topological polar surface area (TPSA) is 69.6 Å². The number of nitrogens with zero attached hydrogens (tertiary/aromatic N) is 1. The number of rotatable bonds is 1. The van der Waals surface area contributed by atoms with Crippen LogP contribution in [-0.4, -0.2) is 35.3 Å². The van der Waals surface area contributed by atoms with Gasteiger partial charge in [-0.15, -0.1) is 0 Å². The molecule has 0 aromatic heterocycles. The van der Waals surface area contributed by atoms with Gasteiger partial charge < -0.3 is 10.4 Å². The summed E-state index contributed by atoms with van der Waals surface area (Å²) >= 11 is 6.33. The predicted molar refractivity (Wildman–Crippen MR) is 159 cm³/mol. The van der Waals surface area contributed by atoms with Crippen molar-refractivity contribution < 1.29 is 14.7 Å². The Morgan fingerprint density at radius 3 is 2.61 bits per heavy atom. The van der Waals surface area contributed by atoms with E-state index in [4.69, 9.17) is 11.6 Å². The van der Waals surface area contributed by atoms with Crippen molar-refractivity contribution in [3.63, 3.8) is 0 Å². The summed E-state index contributed by atoms with van der Waals surface area (Å²) in [6.45, 7) is 2.83. The molecular formula is C35H35ClN2O3. The number of carbonyl (C=O) groups excluding carboxylic acids is 2. The van der Waals surface area contributed by atoms with E-state index in [1.54, 1.807) is 0 Å². The first-order chi connectivity index (χ1) is 19.7. The molecular weight excluding hydrogens is 532 g/mol. The van der Waals surface area contributed by atoms with Crippen molar-refractivity contribution in [2.75, 3.05) is 18.9 Å². The van der Waals surface area contributed by atoms with Crippen LogP contribution in [0.3, 0.4) is 0 Å². The maximum atomic E-state index is 15.5. The molecule has 6 heteroatoms. The number of hydrogen-bond donors (Lipinski definition) is 2. The van der Waals surface area contributed by atoms with Crippen LogP contribution < -0.4 is 5.32 Å². The number of amides is 1. The molecule has 1 amide bonds. The summed E-state index contributed by atoms with van der Waals surface area (Å²) in [5, 5.41) is 14.0. The highest BCUT2D eigenvalue weighted by molar-refractivity contribution is 6.30. The molecule has 2 heterocycles. The van der Waals surface area contributed by atoms with Crippen LogP contribution >= 0.6 is 11.6 Å². The molecule has 2 N–H and O–H groups in total. The van der Waals surface area contributed by atoms with E-state index >= 15 is 4.79 Å². The van der Waals surface area contributed by atoms with Gasteiger partial charge in [-0.3, -0.25) is 14.5 Å². The van der Waals surface area contributed by atoms with E-state index in [9.17, 15) is 9.90 Å². The van der Waals surface area contributed by atoms with E-state index < -0.39 is 16.4 Å². The largest absolute Gasteiger partial charge is 0.508 e. The van der Waals surface area contributed by atoms with E-state index in [1.165, 1.54) is 11.1 Å². The zero-order valence-electron chi connectivity index (χ0n) is 23.5. The number of phenols is 1. The monoisotopic (exact) mass is 566 g/mol. The number of benzene rings is 3. The van der Waals surface area contributed by atoms with Gasteiger partial charge in [0.25, 0.3) is 5.91 Å². The number of para-hydroxylation sites is 1. The van der Waals surface area contributed by atoms with Gasteiger partial charge in [0.15, 0.2) is 0 Å². The average molecular weight is 567 g/mol. The molecule has 5 nitrogen and oxygen atoms in total. The van der Waals surface area contributed by atoms with Gasteiger partial charge >= 0.3 is 0 Å².